The monoisotopic (exact) mass is 2060 g/mol. The molecule has 0 aliphatic heterocycles. The normalized spacial score (nSPS) is 10.9. The van der Waals surface area contributed by atoms with Crippen molar-refractivity contribution in [3.63, 3.8) is 0 Å². The number of ether oxygens (including phenoxy) is 6. The number of benzene rings is 8. The zero-order valence-electron chi connectivity index (χ0n) is 55.7. The Balaban J connectivity index is 0.000000255. The van der Waals surface area contributed by atoms with Crippen molar-refractivity contribution in [3.8, 4) is 57.2 Å². The first-order valence-electron chi connectivity index (χ1n) is 29.2. The van der Waals surface area contributed by atoms with Crippen LogP contribution in [0.25, 0.3) is 22.7 Å². The third kappa shape index (κ3) is 24.1. The van der Waals surface area contributed by atoms with Crippen LogP contribution >= 0.6 is 63.7 Å². The van der Waals surface area contributed by atoms with E-state index in [1.807, 2.05) is 0 Å². The zero-order chi connectivity index (χ0) is 75.2. The van der Waals surface area contributed by atoms with Crippen LogP contribution in [-0.4, -0.2) is 92.1 Å². The Bertz CT molecular complexity index is 5240. The average molecular weight is 2060 g/mol. The molecule has 0 fully saturated rings. The Morgan fingerprint density at radius 1 is 0.389 bits per heavy atom. The predicted molar refractivity (Wildman–Crippen MR) is 359 cm³/mol. The molecule has 556 valence electrons. The van der Waals surface area contributed by atoms with Gasteiger partial charge in [0.2, 0.25) is 0 Å². The van der Waals surface area contributed by atoms with Crippen LogP contribution in [0, 0.1) is 24.3 Å². The van der Waals surface area contributed by atoms with Crippen LogP contribution in [0.4, 0.5) is 43.9 Å². The van der Waals surface area contributed by atoms with Gasteiger partial charge in [0, 0.05) is 199 Å². The maximum absolute atomic E-state index is 13.5. The van der Waals surface area contributed by atoms with E-state index in [0.29, 0.717) is 40.9 Å². The van der Waals surface area contributed by atoms with Crippen LogP contribution in [-0.2, 0) is 192 Å². The second kappa shape index (κ2) is 42.4. The van der Waals surface area contributed by atoms with E-state index in [9.17, 15) is 63.1 Å². The Labute approximate surface area is 737 Å². The molecule has 4 aromatic heterocycles. The van der Waals surface area contributed by atoms with Crippen LogP contribution in [0.2, 0.25) is 0 Å². The standard InChI is InChI=1S/C16H11BrF3N4O3.C16H11BrF3N4O2.C16H12BrF2N4O3.C16H12BrF2N4O2.4Y/c1-23-15(25)24(22-21-23)12-6-4-8-13(27-16(18,19)20)10(12)9-26-14-7-3-2-5-11(14)17;1-23-15(25)24(22-21-23)13-7-4-5-11(16(18,19)20)10(13)9-26-14-8-3-2-6-12(14)17;1-22-16(24)23(21-20-22)12-6-4-8-13(26-15(18)19)10(12)9-25-14-7-3-2-5-11(14)17;1-22-16(24)23(21-20-22)13-7-4-5-10(15(18)19)11(13)9-25-14-8-3-2-6-12(14)17;;;;/h3-8H,9H2,1H3;3-8H,9H2,1H3;3-8,15H,9H2,1H3;3-8,15H,9H2,1H3;;;;/q4*-1;;;;. The number of hydrogen-bond donors (Lipinski definition) is 0. The molecule has 0 bridgehead atoms. The van der Waals surface area contributed by atoms with Gasteiger partial charge >= 0.3 is 41.9 Å². The van der Waals surface area contributed by atoms with Crippen LogP contribution in [0.15, 0.2) is 183 Å². The summed E-state index contributed by atoms with van der Waals surface area (Å²) in [7, 11) is 5.58. The van der Waals surface area contributed by atoms with Gasteiger partial charge in [0.1, 0.15) is 37.9 Å². The maximum Gasteiger partial charge on any atom is 0.573 e. The number of tetrazole rings is 4. The molecule has 0 aliphatic carbocycles. The van der Waals surface area contributed by atoms with Gasteiger partial charge in [0.25, 0.3) is 6.43 Å². The largest absolute Gasteiger partial charge is 0.573 e. The summed E-state index contributed by atoms with van der Waals surface area (Å²) >= 11 is 13.1. The zero-order valence-corrected chi connectivity index (χ0v) is 73.4. The maximum atomic E-state index is 13.5. The van der Waals surface area contributed by atoms with E-state index in [1.165, 1.54) is 82.8 Å². The molecule has 0 spiro atoms. The molecule has 0 atom stereocenters. The first-order chi connectivity index (χ1) is 49.5. The Morgan fingerprint density at radius 3 is 0.991 bits per heavy atom. The van der Waals surface area contributed by atoms with Crippen molar-refractivity contribution in [2.75, 3.05) is 0 Å². The minimum absolute atomic E-state index is 0. The molecule has 12 aromatic rings. The number of aryl methyl sites for hydroxylation is 4. The molecule has 0 amide bonds. The van der Waals surface area contributed by atoms with Gasteiger partial charge in [-0.1, -0.05) is 48.2 Å². The van der Waals surface area contributed by atoms with Gasteiger partial charge in [0.05, 0.1) is 39.4 Å². The van der Waals surface area contributed by atoms with Crippen molar-refractivity contribution in [1.29, 1.82) is 0 Å². The molecular weight excluding hydrogens is 2020 g/mol. The summed E-state index contributed by atoms with van der Waals surface area (Å²) in [5.74, 6) is 1.06. The molecule has 44 heteroatoms. The fourth-order valence-electron chi connectivity index (χ4n) is 9.07. The summed E-state index contributed by atoms with van der Waals surface area (Å²) in [4.78, 5) is 48.4. The number of hydrogen-bond acceptors (Lipinski definition) is 18. The molecule has 26 nitrogen and oxygen atoms in total. The second-order valence-corrected chi connectivity index (χ2v) is 24.1. The Kier molecular flexibility index (Phi) is 36.2. The molecule has 108 heavy (non-hydrogen) atoms. The van der Waals surface area contributed by atoms with Gasteiger partial charge < -0.3 is 28.4 Å². The van der Waals surface area contributed by atoms with Gasteiger partial charge in [-0.3, -0.25) is 0 Å². The van der Waals surface area contributed by atoms with Crippen molar-refractivity contribution in [1.82, 2.24) is 79.2 Å². The number of nitrogens with zero attached hydrogens (tertiary/aromatic N) is 16. The van der Waals surface area contributed by atoms with E-state index in [1.54, 1.807) is 78.9 Å². The minimum Gasteiger partial charge on any atom is -0.513 e. The molecule has 0 N–H and O–H groups in total. The van der Waals surface area contributed by atoms with Gasteiger partial charge in [0.15, 0.2) is 0 Å². The number of aromatic nitrogens is 16. The van der Waals surface area contributed by atoms with Crippen LogP contribution < -0.4 is 51.2 Å². The van der Waals surface area contributed by atoms with E-state index in [2.05, 4.69) is 139 Å². The van der Waals surface area contributed by atoms with Crippen LogP contribution in [0.3, 0.4) is 0 Å². The molecule has 4 heterocycles. The quantitative estimate of drug-likeness (QED) is 0.0507. The fraction of sp³-hybridized carbons (Fsp3) is 0.188. The second-order valence-electron chi connectivity index (χ2n) is 20.6. The SMILES string of the molecule is Cn1nnn(-c2cccc(C(F)(F)F)c2COc2cc[c-]cc2Br)c1=O.Cn1nnn(-c2cccc(C(F)F)c2COc2cc[c-]cc2Br)c1=O.Cn1nnn(-c2cccc(OC(F)(F)F)c2COc2cc[c-]cc2Br)c1=O.Cn1nnn(-c2cccc(OC(F)F)c2COc2cc[c-]cc2Br)c1=O.[Y].[Y].[Y].[Y]. The van der Waals surface area contributed by atoms with E-state index in [0.717, 1.165) is 49.6 Å². The van der Waals surface area contributed by atoms with Crippen LogP contribution in [0.1, 0.15) is 39.8 Å². The first kappa shape index (κ1) is 92.3. The van der Waals surface area contributed by atoms with Crippen molar-refractivity contribution in [3.05, 3.63) is 263 Å². The number of halogens is 14. The summed E-state index contributed by atoms with van der Waals surface area (Å²) in [5.41, 5.74) is -2.88. The van der Waals surface area contributed by atoms with Gasteiger partial charge in [-0.05, 0) is 84.2 Å². The number of alkyl halides is 10. The molecular formula is C64H46Br4F10N16O10Y4-4. The third-order valence-electron chi connectivity index (χ3n) is 13.9. The van der Waals surface area contributed by atoms with E-state index in [4.69, 9.17) is 18.9 Å². The molecule has 0 saturated carbocycles. The van der Waals surface area contributed by atoms with Crippen molar-refractivity contribution >= 4 is 63.7 Å². The smallest absolute Gasteiger partial charge is 0.513 e. The molecule has 4 radical (unpaired) electrons. The molecule has 0 saturated heterocycles. The summed E-state index contributed by atoms with van der Waals surface area (Å²) in [6, 6.07) is 46.8. The van der Waals surface area contributed by atoms with Crippen LogP contribution in [0.5, 0.6) is 34.5 Å². The fourth-order valence-corrected chi connectivity index (χ4v) is 10.6. The molecule has 8 aromatic carbocycles. The summed E-state index contributed by atoms with van der Waals surface area (Å²) in [6.07, 6.45) is -12.3. The van der Waals surface area contributed by atoms with Crippen molar-refractivity contribution in [2.45, 2.75) is 52.0 Å². The topological polar surface area (TPSA) is 266 Å². The van der Waals surface area contributed by atoms with Crippen molar-refractivity contribution in [2.24, 2.45) is 28.2 Å². The van der Waals surface area contributed by atoms with E-state index >= 15 is 0 Å². The van der Waals surface area contributed by atoms with Gasteiger partial charge in [-0.25, -0.2) is 28.0 Å². The summed E-state index contributed by atoms with van der Waals surface area (Å²) < 4.78 is 172. The molecule has 0 aliphatic rings. The first-order valence-corrected chi connectivity index (χ1v) is 32.3. The average Bonchev–Trinajstić information content (AvgIpc) is 1.57. The van der Waals surface area contributed by atoms with E-state index < -0.39 is 66.3 Å². The molecule has 0 unspecified atom stereocenters. The minimum atomic E-state index is -4.91. The third-order valence-corrected chi connectivity index (χ3v) is 16.4. The van der Waals surface area contributed by atoms with E-state index in [-0.39, 0.29) is 207 Å². The van der Waals surface area contributed by atoms with Gasteiger partial charge in [-0.2, -0.15) is 132 Å². The number of rotatable bonds is 20. The summed E-state index contributed by atoms with van der Waals surface area (Å²) in [5, 5.41) is 29.1. The summed E-state index contributed by atoms with van der Waals surface area (Å²) in [6.45, 7) is -4.06. The Hall–Kier alpha value is -6.32. The van der Waals surface area contributed by atoms with Gasteiger partial charge in [-0.15, -0.1) is 101 Å². The predicted octanol–water partition coefficient (Wildman–Crippen LogP) is 11.9. The van der Waals surface area contributed by atoms with Crippen molar-refractivity contribution < 1.29 is 203 Å². The molecule has 12 rings (SSSR count). The Morgan fingerprint density at radius 2 is 0.685 bits per heavy atom.